The van der Waals surface area contributed by atoms with Crippen LogP contribution in [0.1, 0.15) is 132 Å². The van der Waals surface area contributed by atoms with Gasteiger partial charge in [-0.1, -0.05) is 70.7 Å². The highest BCUT2D eigenvalue weighted by molar-refractivity contribution is 6.45. The lowest BCUT2D eigenvalue weighted by Crippen LogP contribution is -2.49. The second-order valence-corrected chi connectivity index (χ2v) is 14.1. The van der Waals surface area contributed by atoms with Gasteiger partial charge in [-0.15, -0.1) is 10.2 Å². The number of aliphatic imine (C=N–C) groups is 1. The number of carbonyl (C=O) groups is 2. The fourth-order valence-corrected chi connectivity index (χ4v) is 6.28. The van der Waals surface area contributed by atoms with E-state index >= 15 is 0 Å². The molecule has 0 aliphatic heterocycles. The van der Waals surface area contributed by atoms with Crippen LogP contribution in [0.3, 0.4) is 0 Å². The molecule has 3 N–H and O–H groups in total. The number of nitrogens with one attached hydrogen (secondary N) is 3. The van der Waals surface area contributed by atoms with Gasteiger partial charge in [0.05, 0.1) is 6.54 Å². The second-order valence-electron chi connectivity index (χ2n) is 14.1. The van der Waals surface area contributed by atoms with Crippen LogP contribution in [0, 0.1) is 23.0 Å². The predicted molar refractivity (Wildman–Crippen MR) is 179 cm³/mol. The van der Waals surface area contributed by atoms with E-state index in [9.17, 15) is 18.4 Å². The Kier molecular flexibility index (Phi) is 12.5. The van der Waals surface area contributed by atoms with Crippen molar-refractivity contribution < 1.29 is 18.4 Å². The smallest absolute Gasteiger partial charge is 0.251 e. The number of aromatic amines is 1. The van der Waals surface area contributed by atoms with Gasteiger partial charge in [-0.2, -0.15) is 5.21 Å². The SMILES string of the molecule is CCCCCC1CCC(/N=C(\C(C)=O)c2cc(F)cc(F)c2)(N[C@H](CCC(C)(C)C)c2ccc(C(=O)NCc3nn[nH]n3)cc2)CC1. The third kappa shape index (κ3) is 10.8. The average Bonchev–Trinajstić information content (AvgIpc) is 3.55. The Balaban J connectivity index is 1.66. The van der Waals surface area contributed by atoms with Crippen molar-refractivity contribution in [1.82, 2.24) is 31.3 Å². The molecule has 11 heteroatoms. The van der Waals surface area contributed by atoms with E-state index in [1.807, 2.05) is 12.1 Å². The lowest BCUT2D eigenvalue weighted by molar-refractivity contribution is -0.111. The van der Waals surface area contributed by atoms with E-state index in [4.69, 9.17) is 4.99 Å². The molecule has 4 rings (SSSR count). The summed E-state index contributed by atoms with van der Waals surface area (Å²) in [5.41, 5.74) is 0.955. The molecule has 1 saturated carbocycles. The van der Waals surface area contributed by atoms with Gasteiger partial charge >= 0.3 is 0 Å². The highest BCUT2D eigenvalue weighted by Gasteiger charge is 2.38. The molecule has 1 aliphatic rings. The number of nitrogens with zero attached hydrogens (tertiary/aromatic N) is 4. The summed E-state index contributed by atoms with van der Waals surface area (Å²) in [6.07, 6.45) is 9.69. The molecule has 3 aromatic rings. The molecule has 2 aromatic carbocycles. The van der Waals surface area contributed by atoms with Crippen molar-refractivity contribution in [1.29, 1.82) is 0 Å². The summed E-state index contributed by atoms with van der Waals surface area (Å²) in [6, 6.07) is 10.5. The molecule has 254 valence electrons. The molecular weight excluding hydrogens is 600 g/mol. The van der Waals surface area contributed by atoms with Gasteiger partial charge in [0.2, 0.25) is 0 Å². The zero-order valence-corrected chi connectivity index (χ0v) is 28.3. The molecule has 0 saturated heterocycles. The number of unbranched alkanes of at least 4 members (excludes halogenated alkanes) is 2. The van der Waals surface area contributed by atoms with Gasteiger partial charge in [-0.05, 0) is 79.7 Å². The Labute approximate surface area is 276 Å². The van der Waals surface area contributed by atoms with Crippen LogP contribution in [0.15, 0.2) is 47.5 Å². The molecular formula is C36H49F2N7O2. The number of tetrazole rings is 1. The highest BCUT2D eigenvalue weighted by Crippen LogP contribution is 2.39. The van der Waals surface area contributed by atoms with E-state index in [-0.39, 0.29) is 41.0 Å². The van der Waals surface area contributed by atoms with Gasteiger partial charge in [0.15, 0.2) is 11.6 Å². The molecule has 9 nitrogen and oxygen atoms in total. The van der Waals surface area contributed by atoms with Crippen molar-refractivity contribution in [3.63, 3.8) is 0 Å². The van der Waals surface area contributed by atoms with Crippen molar-refractivity contribution in [2.75, 3.05) is 0 Å². The van der Waals surface area contributed by atoms with Crippen LogP contribution in [0.4, 0.5) is 8.78 Å². The molecule has 0 radical (unpaired) electrons. The third-order valence-electron chi connectivity index (χ3n) is 8.94. The van der Waals surface area contributed by atoms with Crippen LogP contribution in [-0.4, -0.2) is 43.7 Å². The molecule has 1 amide bonds. The van der Waals surface area contributed by atoms with Gasteiger partial charge < -0.3 is 5.32 Å². The van der Waals surface area contributed by atoms with Crippen molar-refractivity contribution >= 4 is 17.4 Å². The van der Waals surface area contributed by atoms with E-state index in [0.29, 0.717) is 30.1 Å². The van der Waals surface area contributed by atoms with Crippen molar-refractivity contribution in [3.05, 3.63) is 76.6 Å². The lowest BCUT2D eigenvalue weighted by atomic mass is 9.78. The van der Waals surface area contributed by atoms with E-state index in [1.54, 1.807) is 12.1 Å². The lowest BCUT2D eigenvalue weighted by Gasteiger charge is -2.42. The zero-order valence-electron chi connectivity index (χ0n) is 28.3. The summed E-state index contributed by atoms with van der Waals surface area (Å²) in [6.45, 7) is 10.3. The summed E-state index contributed by atoms with van der Waals surface area (Å²) >= 11 is 0. The standard InChI is InChI=1S/C36H49F2N7O2/c1-6-7-8-9-25-14-18-36(19-15-25,41-33(24(2)46)28-20-29(37)22-30(38)21-28)40-31(16-17-35(3,4)5)26-10-12-27(13-11-26)34(47)39-23-32-42-44-45-43-32/h10-13,20-22,25,31,40H,6-9,14-19,23H2,1-5H3,(H,39,47)(H,42,43,44,45)/b41-33+/t25?,31-,36?/m1/s1. The molecule has 1 aromatic heterocycles. The minimum atomic E-state index is -0.811. The van der Waals surface area contributed by atoms with Gasteiger partial charge in [-0.3, -0.25) is 19.9 Å². The first-order valence-electron chi connectivity index (χ1n) is 16.8. The van der Waals surface area contributed by atoms with E-state index in [2.05, 4.69) is 59.0 Å². The summed E-state index contributed by atoms with van der Waals surface area (Å²) in [5.74, 6) is -1.14. The fourth-order valence-electron chi connectivity index (χ4n) is 6.28. The van der Waals surface area contributed by atoms with Crippen LogP contribution in [0.5, 0.6) is 0 Å². The van der Waals surface area contributed by atoms with Gasteiger partial charge in [0, 0.05) is 30.2 Å². The summed E-state index contributed by atoms with van der Waals surface area (Å²) in [7, 11) is 0. The molecule has 0 spiro atoms. The number of Topliss-reactive ketones (excluding diaryl/α,β-unsaturated/α-hetero) is 1. The van der Waals surface area contributed by atoms with E-state index in [0.717, 1.165) is 43.7 Å². The van der Waals surface area contributed by atoms with Gasteiger partial charge in [0.1, 0.15) is 23.0 Å². The zero-order chi connectivity index (χ0) is 34.0. The van der Waals surface area contributed by atoms with Gasteiger partial charge in [-0.25, -0.2) is 8.78 Å². The number of rotatable bonds is 15. The Morgan fingerprint density at radius 1 is 1.04 bits per heavy atom. The number of carbonyl (C=O) groups excluding carboxylic acids is 2. The predicted octanol–water partition coefficient (Wildman–Crippen LogP) is 7.41. The Bertz CT molecular complexity index is 1470. The summed E-state index contributed by atoms with van der Waals surface area (Å²) in [4.78, 5) is 30.9. The maximum atomic E-state index is 14.3. The molecule has 0 unspecified atom stereocenters. The number of hydrogen-bond donors (Lipinski definition) is 3. The Morgan fingerprint density at radius 3 is 2.30 bits per heavy atom. The topological polar surface area (TPSA) is 125 Å². The van der Waals surface area contributed by atoms with Crippen LogP contribution < -0.4 is 10.6 Å². The summed E-state index contributed by atoms with van der Waals surface area (Å²) < 4.78 is 28.6. The molecule has 47 heavy (non-hydrogen) atoms. The minimum absolute atomic E-state index is 0.0614. The Morgan fingerprint density at radius 2 is 1.72 bits per heavy atom. The monoisotopic (exact) mass is 649 g/mol. The maximum absolute atomic E-state index is 14.3. The third-order valence-corrected chi connectivity index (χ3v) is 8.94. The van der Waals surface area contributed by atoms with Crippen molar-refractivity contribution in [3.8, 4) is 0 Å². The quantitative estimate of drug-likeness (QED) is 0.116. The second kappa shape index (κ2) is 16.3. The number of aromatic nitrogens is 4. The first-order chi connectivity index (χ1) is 22.4. The van der Waals surface area contributed by atoms with E-state index < -0.39 is 17.3 Å². The molecule has 1 atom stereocenters. The van der Waals surface area contributed by atoms with Gasteiger partial charge in [0.25, 0.3) is 5.91 Å². The fraction of sp³-hybridized carbons (Fsp3) is 0.556. The number of halogens is 2. The van der Waals surface area contributed by atoms with Crippen LogP contribution in [0.2, 0.25) is 0 Å². The summed E-state index contributed by atoms with van der Waals surface area (Å²) in [5, 5.41) is 20.3. The molecule has 1 aliphatic carbocycles. The molecule has 1 fully saturated rings. The maximum Gasteiger partial charge on any atom is 0.251 e. The number of amides is 1. The highest BCUT2D eigenvalue weighted by atomic mass is 19.1. The van der Waals surface area contributed by atoms with Crippen LogP contribution in [-0.2, 0) is 11.3 Å². The number of benzene rings is 2. The molecule has 0 bridgehead atoms. The Hall–Kier alpha value is -3.86. The van der Waals surface area contributed by atoms with Crippen molar-refractivity contribution in [2.45, 2.75) is 117 Å². The molecule has 1 heterocycles. The van der Waals surface area contributed by atoms with Crippen LogP contribution >= 0.6 is 0 Å². The number of hydrogen-bond acceptors (Lipinski definition) is 7. The van der Waals surface area contributed by atoms with Crippen LogP contribution in [0.25, 0.3) is 0 Å². The first kappa shape index (κ1) is 36.0. The van der Waals surface area contributed by atoms with E-state index in [1.165, 1.54) is 38.3 Å². The first-order valence-corrected chi connectivity index (χ1v) is 16.8. The number of ketones is 1. The minimum Gasteiger partial charge on any atom is -0.345 e. The van der Waals surface area contributed by atoms with Crippen molar-refractivity contribution in [2.24, 2.45) is 16.3 Å². The average molecular weight is 650 g/mol. The normalized spacial score (nSPS) is 19.4. The number of H-pyrrole nitrogens is 1. The largest absolute Gasteiger partial charge is 0.345 e.